The smallest absolute Gasteiger partial charge is 0.270 e. The van der Waals surface area contributed by atoms with Gasteiger partial charge < -0.3 is 10.1 Å². The number of rotatable bonds is 6. The van der Waals surface area contributed by atoms with Gasteiger partial charge >= 0.3 is 0 Å². The number of ether oxygens (including phenoxy) is 1. The summed E-state index contributed by atoms with van der Waals surface area (Å²) in [4.78, 5) is 33.3. The molecule has 0 saturated heterocycles. The number of nitrogens with zero attached hydrogens (tertiary/aromatic N) is 1. The minimum Gasteiger partial charge on any atom is -0.483 e. The molecule has 0 aliphatic carbocycles. The van der Waals surface area contributed by atoms with Crippen LogP contribution in [0.25, 0.3) is 0 Å². The SMILES string of the molecule is Cc1cc(C)c(NC(=O)COc2ccc([N+](=O)[O-])cc2C=O)c(C)c1. The summed E-state index contributed by atoms with van der Waals surface area (Å²) in [5.74, 6) is -0.265. The lowest BCUT2D eigenvalue weighted by atomic mass is 10.1. The number of carbonyl (C=O) groups excluding carboxylic acids is 2. The van der Waals surface area contributed by atoms with Gasteiger partial charge in [-0.25, -0.2) is 0 Å². The molecule has 0 heterocycles. The number of amides is 1. The van der Waals surface area contributed by atoms with E-state index < -0.39 is 4.92 Å². The number of nitro benzene ring substituents is 1. The van der Waals surface area contributed by atoms with Gasteiger partial charge in [-0.15, -0.1) is 0 Å². The maximum Gasteiger partial charge on any atom is 0.270 e. The molecule has 0 spiro atoms. The van der Waals surface area contributed by atoms with E-state index in [0.29, 0.717) is 6.29 Å². The zero-order valence-corrected chi connectivity index (χ0v) is 14.2. The third-order valence-electron chi connectivity index (χ3n) is 3.63. The Morgan fingerprint density at radius 1 is 1.20 bits per heavy atom. The van der Waals surface area contributed by atoms with E-state index >= 15 is 0 Å². The molecule has 0 atom stereocenters. The second-order valence-corrected chi connectivity index (χ2v) is 5.71. The van der Waals surface area contributed by atoms with Gasteiger partial charge in [0, 0.05) is 17.8 Å². The molecule has 0 bridgehead atoms. The van der Waals surface area contributed by atoms with Crippen LogP contribution < -0.4 is 10.1 Å². The van der Waals surface area contributed by atoms with E-state index in [1.165, 1.54) is 12.1 Å². The van der Waals surface area contributed by atoms with Gasteiger partial charge in [0.1, 0.15) is 5.75 Å². The van der Waals surface area contributed by atoms with Gasteiger partial charge in [0.2, 0.25) is 0 Å². The van der Waals surface area contributed by atoms with Crippen molar-refractivity contribution < 1.29 is 19.2 Å². The number of aryl methyl sites for hydroxylation is 3. The zero-order valence-electron chi connectivity index (χ0n) is 14.2. The second-order valence-electron chi connectivity index (χ2n) is 5.71. The normalized spacial score (nSPS) is 10.2. The van der Waals surface area contributed by atoms with Gasteiger partial charge in [-0.05, 0) is 38.0 Å². The number of hydrogen-bond acceptors (Lipinski definition) is 5. The van der Waals surface area contributed by atoms with Crippen molar-refractivity contribution in [3.05, 3.63) is 62.7 Å². The summed E-state index contributed by atoms with van der Waals surface area (Å²) in [6.07, 6.45) is 0.453. The Hall–Kier alpha value is -3.22. The zero-order chi connectivity index (χ0) is 18.6. The Bertz CT molecular complexity index is 822. The Morgan fingerprint density at radius 3 is 2.40 bits per heavy atom. The van der Waals surface area contributed by atoms with Crippen LogP contribution in [0.5, 0.6) is 5.75 Å². The van der Waals surface area contributed by atoms with E-state index in [1.54, 1.807) is 0 Å². The molecule has 1 amide bonds. The minimum atomic E-state index is -0.605. The van der Waals surface area contributed by atoms with Crippen LogP contribution in [0.2, 0.25) is 0 Å². The molecule has 0 radical (unpaired) electrons. The van der Waals surface area contributed by atoms with Crippen LogP contribution >= 0.6 is 0 Å². The maximum absolute atomic E-state index is 12.1. The summed E-state index contributed by atoms with van der Waals surface area (Å²) in [5.41, 5.74) is 3.50. The van der Waals surface area contributed by atoms with Gasteiger partial charge in [-0.2, -0.15) is 0 Å². The molecule has 0 fully saturated rings. The number of nitro groups is 1. The van der Waals surface area contributed by atoms with Crippen molar-refractivity contribution in [1.29, 1.82) is 0 Å². The van der Waals surface area contributed by atoms with Gasteiger partial charge in [-0.1, -0.05) is 17.7 Å². The van der Waals surface area contributed by atoms with Crippen molar-refractivity contribution >= 4 is 23.6 Å². The average Bonchev–Trinajstić information content (AvgIpc) is 2.55. The number of hydrogen-bond donors (Lipinski definition) is 1. The lowest BCUT2D eigenvalue weighted by Crippen LogP contribution is -2.21. The standard InChI is InChI=1S/C18H18N2O5/c1-11-6-12(2)18(13(3)7-11)19-17(22)10-25-16-5-4-15(20(23)24)8-14(16)9-21/h4-9H,10H2,1-3H3,(H,19,22). The van der Waals surface area contributed by atoms with E-state index in [2.05, 4.69) is 5.32 Å². The van der Waals surface area contributed by atoms with E-state index in [0.717, 1.165) is 28.4 Å². The highest BCUT2D eigenvalue weighted by molar-refractivity contribution is 5.93. The second kappa shape index (κ2) is 7.57. The number of carbonyl (C=O) groups is 2. The molecule has 0 aliphatic heterocycles. The van der Waals surface area contributed by atoms with Crippen molar-refractivity contribution in [3.63, 3.8) is 0 Å². The molecule has 0 aliphatic rings. The first kappa shape index (κ1) is 18.1. The fourth-order valence-electron chi connectivity index (χ4n) is 2.57. The highest BCUT2D eigenvalue weighted by atomic mass is 16.6. The summed E-state index contributed by atoms with van der Waals surface area (Å²) < 4.78 is 5.33. The topological polar surface area (TPSA) is 98.5 Å². The van der Waals surface area contributed by atoms with Crippen LogP contribution in [0, 0.1) is 30.9 Å². The van der Waals surface area contributed by atoms with Crippen molar-refractivity contribution in [2.75, 3.05) is 11.9 Å². The van der Waals surface area contributed by atoms with E-state index in [1.807, 2.05) is 32.9 Å². The fraction of sp³-hybridized carbons (Fsp3) is 0.222. The number of anilines is 1. The molecule has 2 aromatic rings. The largest absolute Gasteiger partial charge is 0.483 e. The predicted molar refractivity (Wildman–Crippen MR) is 93.3 cm³/mol. The lowest BCUT2D eigenvalue weighted by molar-refractivity contribution is -0.384. The Morgan fingerprint density at radius 2 is 1.84 bits per heavy atom. The third kappa shape index (κ3) is 4.41. The highest BCUT2D eigenvalue weighted by Gasteiger charge is 2.13. The first-order chi connectivity index (χ1) is 11.8. The van der Waals surface area contributed by atoms with Crippen LogP contribution in [0.4, 0.5) is 11.4 Å². The number of benzene rings is 2. The molecule has 0 aromatic heterocycles. The average molecular weight is 342 g/mol. The third-order valence-corrected chi connectivity index (χ3v) is 3.63. The molecule has 2 rings (SSSR count). The van der Waals surface area contributed by atoms with Crippen LogP contribution in [0.1, 0.15) is 27.0 Å². The molecular formula is C18H18N2O5. The number of aldehydes is 1. The summed E-state index contributed by atoms with van der Waals surface area (Å²) in [6, 6.07) is 7.55. The quantitative estimate of drug-likeness (QED) is 0.493. The van der Waals surface area contributed by atoms with Crippen molar-refractivity contribution in [2.24, 2.45) is 0 Å². The lowest BCUT2D eigenvalue weighted by Gasteiger charge is -2.13. The summed E-state index contributed by atoms with van der Waals surface area (Å²) >= 11 is 0. The van der Waals surface area contributed by atoms with Gasteiger partial charge in [-0.3, -0.25) is 19.7 Å². The monoisotopic (exact) mass is 342 g/mol. The summed E-state index contributed by atoms with van der Waals surface area (Å²) in [7, 11) is 0. The van der Waals surface area contributed by atoms with Gasteiger partial charge in [0.25, 0.3) is 11.6 Å². The van der Waals surface area contributed by atoms with Gasteiger partial charge in [0.05, 0.1) is 10.5 Å². The Kier molecular flexibility index (Phi) is 5.49. The van der Waals surface area contributed by atoms with Crippen LogP contribution in [-0.4, -0.2) is 23.7 Å². The highest BCUT2D eigenvalue weighted by Crippen LogP contribution is 2.24. The number of non-ortho nitro benzene ring substituents is 1. The minimum absolute atomic E-state index is 0.0182. The first-order valence-corrected chi connectivity index (χ1v) is 7.56. The van der Waals surface area contributed by atoms with E-state index in [-0.39, 0.29) is 29.5 Å². The molecule has 0 unspecified atom stereocenters. The summed E-state index contributed by atoms with van der Waals surface area (Å²) in [5, 5.41) is 13.5. The van der Waals surface area contributed by atoms with Crippen LogP contribution in [-0.2, 0) is 4.79 Å². The Balaban J connectivity index is 2.08. The molecule has 130 valence electrons. The van der Waals surface area contributed by atoms with Crippen molar-refractivity contribution in [3.8, 4) is 5.75 Å². The molecular weight excluding hydrogens is 324 g/mol. The fourth-order valence-corrected chi connectivity index (χ4v) is 2.57. The van der Waals surface area contributed by atoms with Gasteiger partial charge in [0.15, 0.2) is 12.9 Å². The Labute approximate surface area is 144 Å². The van der Waals surface area contributed by atoms with Crippen LogP contribution in [0.15, 0.2) is 30.3 Å². The summed E-state index contributed by atoms with van der Waals surface area (Å²) in [6.45, 7) is 5.46. The molecule has 2 aromatic carbocycles. The first-order valence-electron chi connectivity index (χ1n) is 7.56. The molecule has 25 heavy (non-hydrogen) atoms. The number of nitrogens with one attached hydrogen (secondary N) is 1. The molecule has 1 N–H and O–H groups in total. The predicted octanol–water partition coefficient (Wildman–Crippen LogP) is 3.35. The molecule has 7 nitrogen and oxygen atoms in total. The molecule has 7 heteroatoms. The van der Waals surface area contributed by atoms with Crippen LogP contribution in [0.3, 0.4) is 0 Å². The van der Waals surface area contributed by atoms with E-state index in [9.17, 15) is 19.7 Å². The van der Waals surface area contributed by atoms with Crippen molar-refractivity contribution in [1.82, 2.24) is 0 Å². The van der Waals surface area contributed by atoms with Crippen molar-refractivity contribution in [2.45, 2.75) is 20.8 Å². The maximum atomic E-state index is 12.1. The molecule has 0 saturated carbocycles. The van der Waals surface area contributed by atoms with E-state index in [4.69, 9.17) is 4.74 Å².